The van der Waals surface area contributed by atoms with E-state index in [1.54, 1.807) is 0 Å². The number of allylic oxidation sites excluding steroid dienone is 1. The van der Waals surface area contributed by atoms with Crippen LogP contribution in [0.2, 0.25) is 0 Å². The molecule has 1 aliphatic heterocycles. The Morgan fingerprint density at radius 2 is 2.09 bits per heavy atom. The lowest BCUT2D eigenvalue weighted by molar-refractivity contribution is -0.132. The van der Waals surface area contributed by atoms with Gasteiger partial charge in [-0.25, -0.2) is 0 Å². The summed E-state index contributed by atoms with van der Waals surface area (Å²) < 4.78 is 0. The third kappa shape index (κ3) is 3.06. The van der Waals surface area contributed by atoms with E-state index in [-0.39, 0.29) is 17.2 Å². The lowest BCUT2D eigenvalue weighted by atomic mass is 9.70. The minimum absolute atomic E-state index is 0.00769. The fraction of sp³-hybridized carbons (Fsp3) is 0.778. The first-order valence-electron chi connectivity index (χ1n) is 8.85. The SMILES string of the molecule is CN1C(=O)CCC2(CNC(=O)CC3CCCC3)CCCC=C12. The van der Waals surface area contributed by atoms with Crippen LogP contribution >= 0.6 is 0 Å². The number of hydrogen-bond donors (Lipinski definition) is 1. The highest BCUT2D eigenvalue weighted by atomic mass is 16.2. The molecule has 1 heterocycles. The van der Waals surface area contributed by atoms with E-state index in [4.69, 9.17) is 0 Å². The van der Waals surface area contributed by atoms with Crippen LogP contribution in [0.25, 0.3) is 0 Å². The van der Waals surface area contributed by atoms with E-state index < -0.39 is 0 Å². The van der Waals surface area contributed by atoms with Gasteiger partial charge in [-0.1, -0.05) is 18.9 Å². The maximum Gasteiger partial charge on any atom is 0.226 e. The van der Waals surface area contributed by atoms with E-state index in [9.17, 15) is 9.59 Å². The number of rotatable bonds is 4. The van der Waals surface area contributed by atoms with Crippen molar-refractivity contribution in [3.05, 3.63) is 11.8 Å². The van der Waals surface area contributed by atoms with E-state index in [0.29, 0.717) is 25.3 Å². The average Bonchev–Trinajstić information content (AvgIpc) is 3.02. The highest BCUT2D eigenvalue weighted by Gasteiger charge is 2.43. The molecule has 0 radical (unpaired) electrons. The van der Waals surface area contributed by atoms with Gasteiger partial charge in [0.15, 0.2) is 0 Å². The molecule has 1 saturated heterocycles. The summed E-state index contributed by atoms with van der Waals surface area (Å²) in [6, 6.07) is 0. The summed E-state index contributed by atoms with van der Waals surface area (Å²) in [5.41, 5.74) is 1.14. The second kappa shape index (κ2) is 6.43. The molecule has 2 amide bonds. The van der Waals surface area contributed by atoms with Gasteiger partial charge in [-0.15, -0.1) is 0 Å². The van der Waals surface area contributed by atoms with Gasteiger partial charge in [-0.2, -0.15) is 0 Å². The third-order valence-electron chi connectivity index (χ3n) is 5.87. The van der Waals surface area contributed by atoms with E-state index in [2.05, 4.69) is 11.4 Å². The lowest BCUT2D eigenvalue weighted by Crippen LogP contribution is -2.49. The van der Waals surface area contributed by atoms with Crippen molar-refractivity contribution in [3.8, 4) is 0 Å². The van der Waals surface area contributed by atoms with Gasteiger partial charge in [0.1, 0.15) is 0 Å². The van der Waals surface area contributed by atoms with Crippen LogP contribution < -0.4 is 5.32 Å². The molecule has 0 aromatic heterocycles. The third-order valence-corrected chi connectivity index (χ3v) is 5.87. The molecule has 122 valence electrons. The number of amides is 2. The lowest BCUT2D eigenvalue weighted by Gasteiger charge is -2.46. The van der Waals surface area contributed by atoms with Gasteiger partial charge in [-0.3, -0.25) is 9.59 Å². The Morgan fingerprint density at radius 1 is 1.32 bits per heavy atom. The summed E-state index contributed by atoms with van der Waals surface area (Å²) >= 11 is 0. The Kier molecular flexibility index (Phi) is 4.55. The smallest absolute Gasteiger partial charge is 0.226 e. The van der Waals surface area contributed by atoms with Crippen LogP contribution in [-0.2, 0) is 9.59 Å². The van der Waals surface area contributed by atoms with Crippen molar-refractivity contribution in [3.63, 3.8) is 0 Å². The Balaban J connectivity index is 1.61. The molecule has 0 aromatic carbocycles. The quantitative estimate of drug-likeness (QED) is 0.868. The molecule has 2 fully saturated rings. The van der Waals surface area contributed by atoms with Crippen LogP contribution in [0.1, 0.15) is 64.2 Å². The van der Waals surface area contributed by atoms with Crippen LogP contribution in [0.5, 0.6) is 0 Å². The Morgan fingerprint density at radius 3 is 2.86 bits per heavy atom. The highest BCUT2D eigenvalue weighted by Crippen LogP contribution is 2.45. The zero-order valence-electron chi connectivity index (χ0n) is 13.7. The molecule has 2 aliphatic carbocycles. The van der Waals surface area contributed by atoms with Crippen molar-refractivity contribution in [1.29, 1.82) is 0 Å². The minimum Gasteiger partial charge on any atom is -0.355 e. The highest BCUT2D eigenvalue weighted by molar-refractivity contribution is 5.80. The Bertz CT molecular complexity index is 479. The van der Waals surface area contributed by atoms with E-state index in [0.717, 1.165) is 31.4 Å². The summed E-state index contributed by atoms with van der Waals surface area (Å²) in [7, 11) is 1.88. The van der Waals surface area contributed by atoms with Gasteiger partial charge in [0, 0.05) is 37.5 Å². The van der Waals surface area contributed by atoms with Crippen molar-refractivity contribution in [2.75, 3.05) is 13.6 Å². The average molecular weight is 304 g/mol. The fourth-order valence-corrected chi connectivity index (χ4v) is 4.50. The molecule has 1 saturated carbocycles. The second-order valence-electron chi connectivity index (χ2n) is 7.35. The number of carbonyl (C=O) groups is 2. The topological polar surface area (TPSA) is 49.4 Å². The number of hydrogen-bond acceptors (Lipinski definition) is 2. The monoisotopic (exact) mass is 304 g/mol. The maximum absolute atomic E-state index is 12.2. The van der Waals surface area contributed by atoms with E-state index >= 15 is 0 Å². The molecule has 3 rings (SSSR count). The van der Waals surface area contributed by atoms with Gasteiger partial charge in [-0.05, 0) is 44.4 Å². The molecule has 1 N–H and O–H groups in total. The van der Waals surface area contributed by atoms with Gasteiger partial charge in [0.05, 0.1) is 0 Å². The molecule has 3 aliphatic rings. The number of likely N-dealkylation sites (tertiary alicyclic amines) is 1. The van der Waals surface area contributed by atoms with E-state index in [1.165, 1.54) is 25.7 Å². The van der Waals surface area contributed by atoms with Gasteiger partial charge in [0.2, 0.25) is 11.8 Å². The first-order valence-corrected chi connectivity index (χ1v) is 8.85. The van der Waals surface area contributed by atoms with Crippen molar-refractivity contribution in [2.24, 2.45) is 11.3 Å². The van der Waals surface area contributed by atoms with Crippen LogP contribution in [0, 0.1) is 11.3 Å². The number of nitrogens with one attached hydrogen (secondary N) is 1. The number of piperidine rings is 1. The molecular formula is C18H28N2O2. The van der Waals surface area contributed by atoms with Crippen molar-refractivity contribution >= 4 is 11.8 Å². The summed E-state index contributed by atoms with van der Waals surface area (Å²) in [4.78, 5) is 26.0. The molecular weight excluding hydrogens is 276 g/mol. The molecule has 1 unspecified atom stereocenters. The molecule has 0 bridgehead atoms. The fourth-order valence-electron chi connectivity index (χ4n) is 4.50. The number of nitrogens with zero attached hydrogens (tertiary/aromatic N) is 1. The van der Waals surface area contributed by atoms with E-state index in [1.807, 2.05) is 11.9 Å². The molecule has 4 nitrogen and oxygen atoms in total. The van der Waals surface area contributed by atoms with Crippen LogP contribution in [-0.4, -0.2) is 30.3 Å². The van der Waals surface area contributed by atoms with Crippen molar-refractivity contribution in [2.45, 2.75) is 64.2 Å². The van der Waals surface area contributed by atoms with Crippen molar-refractivity contribution < 1.29 is 9.59 Å². The first kappa shape index (κ1) is 15.6. The van der Waals surface area contributed by atoms with Gasteiger partial charge in [0.25, 0.3) is 0 Å². The zero-order chi connectivity index (χ0) is 15.6. The number of fused-ring (bicyclic) bond motifs is 1. The number of carbonyl (C=O) groups excluding carboxylic acids is 2. The molecule has 0 aromatic rings. The molecule has 22 heavy (non-hydrogen) atoms. The second-order valence-corrected chi connectivity index (χ2v) is 7.35. The predicted molar refractivity (Wildman–Crippen MR) is 86.0 cm³/mol. The Labute approximate surface area is 133 Å². The zero-order valence-corrected chi connectivity index (χ0v) is 13.7. The van der Waals surface area contributed by atoms with Crippen LogP contribution in [0.15, 0.2) is 11.8 Å². The molecule has 1 atom stereocenters. The van der Waals surface area contributed by atoms with Gasteiger partial charge >= 0.3 is 0 Å². The maximum atomic E-state index is 12.2. The summed E-state index contributed by atoms with van der Waals surface area (Å²) in [5.74, 6) is 1.00. The van der Waals surface area contributed by atoms with Crippen molar-refractivity contribution in [1.82, 2.24) is 10.2 Å². The van der Waals surface area contributed by atoms with Crippen LogP contribution in [0.3, 0.4) is 0 Å². The summed E-state index contributed by atoms with van der Waals surface area (Å²) in [5, 5.41) is 3.19. The summed E-state index contributed by atoms with van der Waals surface area (Å²) in [6.07, 6.45) is 12.6. The standard InChI is InChI=1S/C18H28N2O2/c1-20-15-8-4-5-10-18(15,11-9-17(20)22)13-19-16(21)12-14-6-2-3-7-14/h8,14H,2-7,9-13H2,1H3,(H,19,21). The summed E-state index contributed by atoms with van der Waals surface area (Å²) in [6.45, 7) is 0.696. The molecule has 4 heteroatoms. The van der Waals surface area contributed by atoms with Gasteiger partial charge < -0.3 is 10.2 Å². The predicted octanol–water partition coefficient (Wildman–Crippen LogP) is 2.99. The molecule has 0 spiro atoms. The van der Waals surface area contributed by atoms with Crippen LogP contribution in [0.4, 0.5) is 0 Å². The minimum atomic E-state index is -0.00769. The Hall–Kier alpha value is -1.32. The first-order chi connectivity index (χ1) is 10.6. The largest absolute Gasteiger partial charge is 0.355 e. The normalized spacial score (nSPS) is 29.2.